The van der Waals surface area contributed by atoms with Crippen LogP contribution in [0.25, 0.3) is 0 Å². The minimum Gasteiger partial charge on any atom is -0.625 e. The molecule has 8 heteroatoms. The second-order valence-corrected chi connectivity index (χ2v) is 8.93. The molecule has 1 aromatic rings. The number of amides is 2. The molecule has 0 atom stereocenters. The third kappa shape index (κ3) is 4.49. The molecule has 1 aromatic heterocycles. The lowest BCUT2D eigenvalue weighted by Gasteiger charge is -2.45. The summed E-state index contributed by atoms with van der Waals surface area (Å²) in [6.45, 7) is 3.75. The van der Waals surface area contributed by atoms with E-state index >= 15 is 0 Å². The highest BCUT2D eigenvalue weighted by Gasteiger charge is 2.44. The number of imide groups is 1. The standard InChI is InChI=1S/C21H31N5O3/c27-18-16-21(6-1-2-7-21)17-19(28)25(18)11-4-3-10-24-12-14-26(29,15-13-24)20-22-8-5-9-23-20/h5,8-9H,1-4,6-7,10-17H2. The summed E-state index contributed by atoms with van der Waals surface area (Å²) in [4.78, 5) is 37.1. The average molecular weight is 402 g/mol. The number of hydroxylamine groups is 2. The van der Waals surface area contributed by atoms with Crippen molar-refractivity contribution < 1.29 is 9.59 Å². The van der Waals surface area contributed by atoms with Crippen LogP contribution in [0.2, 0.25) is 0 Å². The molecular weight excluding hydrogens is 370 g/mol. The van der Waals surface area contributed by atoms with Crippen LogP contribution in [0.1, 0.15) is 51.4 Å². The van der Waals surface area contributed by atoms with Crippen molar-refractivity contribution in [3.05, 3.63) is 23.7 Å². The second-order valence-electron chi connectivity index (χ2n) is 8.93. The molecular formula is C21H31N5O3. The zero-order valence-electron chi connectivity index (χ0n) is 17.1. The van der Waals surface area contributed by atoms with Crippen molar-refractivity contribution >= 4 is 17.8 Å². The van der Waals surface area contributed by atoms with Crippen LogP contribution < -0.4 is 4.65 Å². The molecule has 1 spiro atoms. The maximum atomic E-state index is 12.9. The predicted molar refractivity (Wildman–Crippen MR) is 109 cm³/mol. The maximum Gasteiger partial charge on any atom is 0.328 e. The summed E-state index contributed by atoms with van der Waals surface area (Å²) < 4.78 is -0.462. The van der Waals surface area contributed by atoms with E-state index in [-0.39, 0.29) is 17.2 Å². The SMILES string of the molecule is O=C1CC2(CCCC2)CC(=O)N1CCCCN1CC[N+]([O-])(c2ncccn2)CC1. The molecule has 0 bridgehead atoms. The van der Waals surface area contributed by atoms with E-state index in [9.17, 15) is 14.8 Å². The van der Waals surface area contributed by atoms with Gasteiger partial charge < -0.3 is 5.21 Å². The Morgan fingerprint density at radius 1 is 0.966 bits per heavy atom. The maximum absolute atomic E-state index is 12.9. The summed E-state index contributed by atoms with van der Waals surface area (Å²) in [5.74, 6) is 0.393. The number of likely N-dealkylation sites (tertiary alicyclic amines) is 1. The van der Waals surface area contributed by atoms with Gasteiger partial charge in [0.25, 0.3) is 0 Å². The molecule has 0 aromatic carbocycles. The molecule has 0 N–H and O–H groups in total. The molecule has 3 fully saturated rings. The molecule has 1 aliphatic carbocycles. The molecule has 8 nitrogen and oxygen atoms in total. The third-order valence-electron chi connectivity index (χ3n) is 6.90. The second kappa shape index (κ2) is 8.45. The van der Waals surface area contributed by atoms with Gasteiger partial charge in [0.2, 0.25) is 11.8 Å². The number of aromatic nitrogens is 2. The Bertz CT molecular complexity index is 707. The van der Waals surface area contributed by atoms with Gasteiger partial charge in [-0.3, -0.25) is 24.0 Å². The summed E-state index contributed by atoms with van der Waals surface area (Å²) in [6.07, 6.45) is 10.4. The first-order valence-electron chi connectivity index (χ1n) is 10.9. The van der Waals surface area contributed by atoms with Crippen molar-refractivity contribution in [1.29, 1.82) is 0 Å². The molecule has 4 rings (SSSR count). The minimum absolute atomic E-state index is 0.0238. The smallest absolute Gasteiger partial charge is 0.328 e. The van der Waals surface area contributed by atoms with Gasteiger partial charge in [-0.25, -0.2) is 0 Å². The molecule has 0 radical (unpaired) electrons. The number of rotatable bonds is 6. The van der Waals surface area contributed by atoms with E-state index in [0.717, 1.165) is 45.1 Å². The zero-order chi connectivity index (χ0) is 20.3. The fourth-order valence-corrected chi connectivity index (χ4v) is 5.12. The van der Waals surface area contributed by atoms with E-state index < -0.39 is 4.65 Å². The van der Waals surface area contributed by atoms with Gasteiger partial charge in [0.1, 0.15) is 0 Å². The van der Waals surface area contributed by atoms with Crippen LogP contribution in [0.5, 0.6) is 0 Å². The molecule has 2 aliphatic heterocycles. The first kappa shape index (κ1) is 20.4. The topological polar surface area (TPSA) is 89.5 Å². The van der Waals surface area contributed by atoms with Crippen molar-refractivity contribution in [2.75, 3.05) is 39.3 Å². The van der Waals surface area contributed by atoms with Gasteiger partial charge in [-0.15, -0.1) is 0 Å². The Labute approximate surface area is 172 Å². The summed E-state index contributed by atoms with van der Waals surface area (Å²) in [7, 11) is 0. The van der Waals surface area contributed by atoms with E-state index in [0.29, 0.717) is 51.5 Å². The molecule has 158 valence electrons. The fourth-order valence-electron chi connectivity index (χ4n) is 5.12. The normalized spacial score (nSPS) is 24.4. The number of piperazine rings is 1. The molecule has 0 unspecified atom stereocenters. The van der Waals surface area contributed by atoms with Gasteiger partial charge in [0.15, 0.2) is 0 Å². The van der Waals surface area contributed by atoms with Gasteiger partial charge in [0, 0.05) is 44.9 Å². The van der Waals surface area contributed by atoms with Crippen molar-refractivity contribution in [2.24, 2.45) is 5.41 Å². The minimum atomic E-state index is -0.462. The number of hydrogen-bond donors (Lipinski definition) is 0. The first-order chi connectivity index (χ1) is 14.0. The van der Waals surface area contributed by atoms with E-state index in [1.54, 1.807) is 18.5 Å². The Kier molecular flexibility index (Phi) is 5.94. The van der Waals surface area contributed by atoms with Gasteiger partial charge in [0.05, 0.1) is 13.1 Å². The summed E-state index contributed by atoms with van der Waals surface area (Å²) in [6, 6.07) is 1.72. The Hall–Kier alpha value is -1.90. The van der Waals surface area contributed by atoms with E-state index in [1.807, 2.05) is 0 Å². The van der Waals surface area contributed by atoms with Crippen LogP contribution in [-0.2, 0) is 9.59 Å². The van der Waals surface area contributed by atoms with Crippen LogP contribution in [0, 0.1) is 10.6 Å². The van der Waals surface area contributed by atoms with Crippen molar-refractivity contribution in [1.82, 2.24) is 24.4 Å². The highest BCUT2D eigenvalue weighted by atomic mass is 16.5. The van der Waals surface area contributed by atoms with E-state index in [2.05, 4.69) is 14.9 Å². The van der Waals surface area contributed by atoms with Crippen molar-refractivity contribution in [3.8, 4) is 0 Å². The van der Waals surface area contributed by atoms with Gasteiger partial charge in [-0.05, 0) is 43.7 Å². The third-order valence-corrected chi connectivity index (χ3v) is 6.90. The molecule has 3 heterocycles. The number of quaternary nitrogens is 1. The Balaban J connectivity index is 1.18. The number of piperidine rings is 1. The number of unbranched alkanes of at least 4 members (excludes halogenated alkanes) is 1. The summed E-state index contributed by atoms with van der Waals surface area (Å²) in [5, 5.41) is 12.9. The number of hydrogen-bond acceptors (Lipinski definition) is 6. The van der Waals surface area contributed by atoms with Crippen LogP contribution in [0.4, 0.5) is 5.95 Å². The van der Waals surface area contributed by atoms with Crippen LogP contribution in [0.3, 0.4) is 0 Å². The summed E-state index contributed by atoms with van der Waals surface area (Å²) in [5.41, 5.74) is -0.0238. The quantitative estimate of drug-likeness (QED) is 0.314. The van der Waals surface area contributed by atoms with E-state index in [4.69, 9.17) is 0 Å². The van der Waals surface area contributed by atoms with Crippen LogP contribution in [0.15, 0.2) is 18.5 Å². The lowest BCUT2D eigenvalue weighted by Crippen LogP contribution is -2.57. The number of carbonyl (C=O) groups excluding carboxylic acids is 2. The lowest BCUT2D eigenvalue weighted by atomic mass is 9.76. The number of nitrogens with zero attached hydrogens (tertiary/aromatic N) is 5. The highest BCUT2D eigenvalue weighted by Crippen LogP contribution is 2.46. The molecule has 1 saturated carbocycles. The lowest BCUT2D eigenvalue weighted by molar-refractivity contribution is -0.153. The first-order valence-corrected chi connectivity index (χ1v) is 10.9. The molecule has 2 amide bonds. The van der Waals surface area contributed by atoms with Gasteiger partial charge in [-0.1, -0.05) is 12.8 Å². The zero-order valence-corrected chi connectivity index (χ0v) is 17.1. The largest absolute Gasteiger partial charge is 0.625 e. The molecule has 3 aliphatic rings. The average Bonchev–Trinajstić information content (AvgIpc) is 3.16. The van der Waals surface area contributed by atoms with Gasteiger partial charge in [-0.2, -0.15) is 9.97 Å². The van der Waals surface area contributed by atoms with E-state index in [1.165, 1.54) is 4.90 Å². The number of carbonyl (C=O) groups is 2. The molecule has 2 saturated heterocycles. The Morgan fingerprint density at radius 3 is 2.17 bits per heavy atom. The fraction of sp³-hybridized carbons (Fsp3) is 0.714. The van der Waals surface area contributed by atoms with Crippen LogP contribution >= 0.6 is 0 Å². The van der Waals surface area contributed by atoms with Crippen LogP contribution in [-0.4, -0.2) is 70.9 Å². The molecule has 29 heavy (non-hydrogen) atoms. The highest BCUT2D eigenvalue weighted by molar-refractivity contribution is 5.98. The monoisotopic (exact) mass is 401 g/mol. The Morgan fingerprint density at radius 2 is 1.55 bits per heavy atom. The summed E-state index contributed by atoms with van der Waals surface area (Å²) >= 11 is 0. The van der Waals surface area contributed by atoms with Crippen molar-refractivity contribution in [3.63, 3.8) is 0 Å². The predicted octanol–water partition coefficient (Wildman–Crippen LogP) is 2.09. The van der Waals surface area contributed by atoms with Crippen molar-refractivity contribution in [2.45, 2.75) is 51.4 Å². The van der Waals surface area contributed by atoms with Gasteiger partial charge >= 0.3 is 5.95 Å².